The largest absolute Gasteiger partial charge is 0.408 e. The molecule has 0 N–H and O–H groups in total. The van der Waals surface area contributed by atoms with E-state index in [-0.39, 0.29) is 5.56 Å². The second-order valence-electron chi connectivity index (χ2n) is 2.66. The lowest BCUT2D eigenvalue weighted by Crippen LogP contribution is -2.18. The zero-order valence-corrected chi connectivity index (χ0v) is 7.60. The van der Waals surface area contributed by atoms with Crippen molar-refractivity contribution in [1.29, 1.82) is 5.26 Å². The van der Waals surface area contributed by atoms with E-state index in [0.29, 0.717) is 5.02 Å². The third-order valence-corrected chi connectivity index (χ3v) is 1.91. The summed E-state index contributed by atoms with van der Waals surface area (Å²) in [5, 5.41) is 8.72. The molecule has 0 aliphatic rings. The zero-order valence-electron chi connectivity index (χ0n) is 6.85. The van der Waals surface area contributed by atoms with Crippen LogP contribution in [0.4, 0.5) is 13.2 Å². The van der Waals surface area contributed by atoms with Crippen molar-refractivity contribution in [2.24, 2.45) is 0 Å². The Kier molecular flexibility index (Phi) is 3.02. The van der Waals surface area contributed by atoms with E-state index in [2.05, 4.69) is 0 Å². The predicted molar refractivity (Wildman–Crippen MR) is 45.9 cm³/mol. The van der Waals surface area contributed by atoms with Crippen LogP contribution in [0.15, 0.2) is 24.3 Å². The van der Waals surface area contributed by atoms with Gasteiger partial charge in [-0.3, -0.25) is 0 Å². The summed E-state index contributed by atoms with van der Waals surface area (Å²) in [5.41, 5.74) is -0.0931. The fourth-order valence-electron chi connectivity index (χ4n) is 0.992. The van der Waals surface area contributed by atoms with Gasteiger partial charge in [-0.25, -0.2) is 0 Å². The first-order chi connectivity index (χ1) is 6.45. The minimum Gasteiger partial charge on any atom is -0.197 e. The number of nitrogens with zero attached hydrogens (tertiary/aromatic N) is 1. The molecule has 0 aliphatic carbocycles. The number of hydrogen-bond donors (Lipinski definition) is 0. The van der Waals surface area contributed by atoms with Crippen molar-refractivity contribution < 1.29 is 13.2 Å². The van der Waals surface area contributed by atoms with Crippen LogP contribution in [0.2, 0.25) is 5.02 Å². The van der Waals surface area contributed by atoms with E-state index < -0.39 is 12.1 Å². The van der Waals surface area contributed by atoms with E-state index in [4.69, 9.17) is 16.9 Å². The summed E-state index contributed by atoms with van der Waals surface area (Å²) in [6.45, 7) is 0. The second kappa shape index (κ2) is 3.89. The van der Waals surface area contributed by atoms with Gasteiger partial charge in [0.05, 0.1) is 6.07 Å². The van der Waals surface area contributed by atoms with Gasteiger partial charge in [0.25, 0.3) is 0 Å². The topological polar surface area (TPSA) is 23.8 Å². The van der Waals surface area contributed by atoms with Crippen LogP contribution in [0.3, 0.4) is 0 Å². The van der Waals surface area contributed by atoms with Gasteiger partial charge in [0, 0.05) is 5.02 Å². The van der Waals surface area contributed by atoms with Crippen LogP contribution in [-0.4, -0.2) is 6.18 Å². The van der Waals surface area contributed by atoms with Crippen LogP contribution in [0.5, 0.6) is 0 Å². The number of halogens is 4. The molecular weight excluding hydrogens is 215 g/mol. The van der Waals surface area contributed by atoms with Crippen molar-refractivity contribution in [2.75, 3.05) is 0 Å². The van der Waals surface area contributed by atoms with Gasteiger partial charge in [0.1, 0.15) is 0 Å². The number of nitriles is 1. The van der Waals surface area contributed by atoms with Crippen molar-refractivity contribution >= 4 is 11.6 Å². The van der Waals surface area contributed by atoms with Gasteiger partial charge in [-0.05, 0) is 17.7 Å². The third-order valence-electron chi connectivity index (χ3n) is 1.66. The second-order valence-corrected chi connectivity index (χ2v) is 3.09. The van der Waals surface area contributed by atoms with Crippen LogP contribution in [-0.2, 0) is 0 Å². The predicted octanol–water partition coefficient (Wildman–Crippen LogP) is 3.51. The maximum atomic E-state index is 12.3. The zero-order chi connectivity index (χ0) is 10.8. The molecule has 0 heterocycles. The van der Waals surface area contributed by atoms with Crippen LogP contribution in [0, 0.1) is 11.3 Å². The highest BCUT2D eigenvalue weighted by Gasteiger charge is 2.40. The average Bonchev–Trinajstić information content (AvgIpc) is 2.07. The summed E-state index contributed by atoms with van der Waals surface area (Å²) in [4.78, 5) is 0. The summed E-state index contributed by atoms with van der Waals surface area (Å²) in [6.07, 6.45) is -4.54. The molecule has 0 saturated carbocycles. The Bertz CT molecular complexity index is 350. The SMILES string of the molecule is N#CC(c1ccc(Cl)cc1)C(F)(F)F. The molecule has 0 bridgehead atoms. The monoisotopic (exact) mass is 219 g/mol. The van der Waals surface area contributed by atoms with Crippen molar-refractivity contribution in [3.05, 3.63) is 34.9 Å². The molecule has 0 fully saturated rings. The highest BCUT2D eigenvalue weighted by molar-refractivity contribution is 6.30. The van der Waals surface area contributed by atoms with Crippen molar-refractivity contribution in [3.8, 4) is 6.07 Å². The van der Waals surface area contributed by atoms with Gasteiger partial charge in [-0.1, -0.05) is 23.7 Å². The van der Waals surface area contributed by atoms with Crippen LogP contribution < -0.4 is 0 Å². The fraction of sp³-hybridized carbons (Fsp3) is 0.222. The summed E-state index contributed by atoms with van der Waals surface area (Å²) >= 11 is 5.51. The quantitative estimate of drug-likeness (QED) is 0.709. The Hall–Kier alpha value is -1.21. The van der Waals surface area contributed by atoms with Crippen LogP contribution in [0.25, 0.3) is 0 Å². The molecule has 14 heavy (non-hydrogen) atoms. The van der Waals surface area contributed by atoms with E-state index >= 15 is 0 Å². The molecule has 0 amide bonds. The fourth-order valence-corrected chi connectivity index (χ4v) is 1.12. The maximum Gasteiger partial charge on any atom is 0.408 e. The molecule has 0 spiro atoms. The molecule has 1 atom stereocenters. The summed E-state index contributed by atoms with van der Waals surface area (Å²) in [5.74, 6) is -2.08. The normalized spacial score (nSPS) is 13.4. The molecule has 1 aromatic rings. The number of rotatable bonds is 1. The highest BCUT2D eigenvalue weighted by atomic mass is 35.5. The van der Waals surface area contributed by atoms with Crippen molar-refractivity contribution in [2.45, 2.75) is 12.1 Å². The number of benzene rings is 1. The number of alkyl halides is 3. The first kappa shape index (κ1) is 10.9. The van der Waals surface area contributed by atoms with Crippen molar-refractivity contribution in [1.82, 2.24) is 0 Å². The van der Waals surface area contributed by atoms with Crippen molar-refractivity contribution in [3.63, 3.8) is 0 Å². The molecule has 5 heteroatoms. The third kappa shape index (κ3) is 2.39. The number of hydrogen-bond acceptors (Lipinski definition) is 1. The summed E-state index contributed by atoms with van der Waals surface area (Å²) in [6, 6.07) is 6.26. The van der Waals surface area contributed by atoms with Gasteiger partial charge >= 0.3 is 6.18 Å². The lowest BCUT2D eigenvalue weighted by molar-refractivity contribution is -0.137. The van der Waals surface area contributed by atoms with Gasteiger partial charge in [0.2, 0.25) is 0 Å². The molecule has 1 unspecified atom stereocenters. The maximum absolute atomic E-state index is 12.3. The first-order valence-corrected chi connectivity index (χ1v) is 4.04. The lowest BCUT2D eigenvalue weighted by atomic mass is 10.0. The Morgan fingerprint density at radius 2 is 1.71 bits per heavy atom. The Morgan fingerprint density at radius 1 is 1.21 bits per heavy atom. The molecular formula is C9H5ClF3N. The smallest absolute Gasteiger partial charge is 0.197 e. The minimum atomic E-state index is -4.54. The average molecular weight is 220 g/mol. The lowest BCUT2D eigenvalue weighted by Gasteiger charge is -2.12. The standard InChI is InChI=1S/C9H5ClF3N/c10-7-3-1-6(2-4-7)8(5-14)9(11,12)13/h1-4,8H. The molecule has 0 saturated heterocycles. The van der Waals surface area contributed by atoms with Gasteiger partial charge in [0.15, 0.2) is 5.92 Å². The van der Waals surface area contributed by atoms with Gasteiger partial charge in [-0.2, -0.15) is 18.4 Å². The van der Waals surface area contributed by atoms with Gasteiger partial charge in [-0.15, -0.1) is 0 Å². The van der Waals surface area contributed by atoms with Gasteiger partial charge < -0.3 is 0 Å². The highest BCUT2D eigenvalue weighted by Crippen LogP contribution is 2.34. The molecule has 1 rings (SSSR count). The van der Waals surface area contributed by atoms with E-state index in [0.717, 1.165) is 0 Å². The Labute approximate surface area is 83.7 Å². The molecule has 0 aliphatic heterocycles. The molecule has 74 valence electrons. The molecule has 1 aromatic carbocycles. The summed E-state index contributed by atoms with van der Waals surface area (Å²) < 4.78 is 36.8. The Balaban J connectivity index is 3.04. The van der Waals surface area contributed by atoms with E-state index in [9.17, 15) is 13.2 Å². The van der Waals surface area contributed by atoms with E-state index in [1.54, 1.807) is 0 Å². The first-order valence-electron chi connectivity index (χ1n) is 3.67. The van der Waals surface area contributed by atoms with Crippen LogP contribution >= 0.6 is 11.6 Å². The molecule has 0 radical (unpaired) electrons. The summed E-state index contributed by atoms with van der Waals surface area (Å²) in [7, 11) is 0. The molecule has 1 nitrogen and oxygen atoms in total. The van der Waals surface area contributed by atoms with E-state index in [1.807, 2.05) is 0 Å². The minimum absolute atomic E-state index is 0.0931. The van der Waals surface area contributed by atoms with Crippen LogP contribution in [0.1, 0.15) is 11.5 Å². The van der Waals surface area contributed by atoms with E-state index in [1.165, 1.54) is 30.3 Å². The Morgan fingerprint density at radius 3 is 2.07 bits per heavy atom. The molecule has 0 aromatic heterocycles.